The van der Waals surface area contributed by atoms with E-state index in [4.69, 9.17) is 16.2 Å². The van der Waals surface area contributed by atoms with Crippen LogP contribution in [0.25, 0.3) is 0 Å². The Morgan fingerprint density at radius 2 is 1.84 bits per heavy atom. The molecule has 128 valence electrons. The quantitative estimate of drug-likeness (QED) is 0.649. The zero-order chi connectivity index (χ0) is 18.1. The highest BCUT2D eigenvalue weighted by Gasteiger charge is 2.04. The van der Waals surface area contributed by atoms with Crippen LogP contribution in [0.5, 0.6) is 5.75 Å². The number of carbonyl (C=O) groups is 1. The number of aldehydes is 1. The van der Waals surface area contributed by atoms with Crippen molar-refractivity contribution >= 4 is 33.7 Å². The van der Waals surface area contributed by atoms with E-state index < -0.39 is 0 Å². The van der Waals surface area contributed by atoms with Crippen molar-refractivity contribution in [1.82, 2.24) is 9.97 Å². The van der Waals surface area contributed by atoms with Crippen LogP contribution in [0.4, 0.5) is 11.5 Å². The van der Waals surface area contributed by atoms with Gasteiger partial charge in [-0.05, 0) is 42.5 Å². The van der Waals surface area contributed by atoms with Gasteiger partial charge in [0.25, 0.3) is 0 Å². The minimum absolute atomic E-state index is 0.351. The summed E-state index contributed by atoms with van der Waals surface area (Å²) in [6.45, 7) is 0.351. The van der Waals surface area contributed by atoms with E-state index in [0.717, 1.165) is 16.5 Å². The minimum atomic E-state index is 0.351. The molecule has 0 saturated heterocycles. The van der Waals surface area contributed by atoms with Crippen LogP contribution in [0.15, 0.2) is 65.4 Å². The molecule has 0 amide bonds. The largest absolute Gasteiger partial charge is 0.487 e. The Kier molecular flexibility index (Phi) is 6.91. The molecule has 0 spiro atoms. The zero-order valence-corrected chi connectivity index (χ0v) is 14.9. The average molecular weight is 401 g/mol. The maximum atomic E-state index is 10.9. The van der Waals surface area contributed by atoms with Crippen LogP contribution in [-0.2, 0) is 6.61 Å². The Labute approximate surface area is 154 Å². The standard InChI is InChI=1S/C13H10BrNO2.C5H7N3/c14-11-4-5-13(10(7-11)8-16)17-9-12-3-1-2-6-15-12;6-4-2-1-3-8-5(4)7/h1-8H,9H2;1-3H,6H2,(H2,7,8). The summed E-state index contributed by atoms with van der Waals surface area (Å²) in [5.41, 5.74) is 12.5. The molecule has 0 unspecified atom stereocenters. The molecule has 0 aliphatic heterocycles. The number of hydrogen-bond donors (Lipinski definition) is 2. The molecule has 25 heavy (non-hydrogen) atoms. The van der Waals surface area contributed by atoms with Gasteiger partial charge in [0.2, 0.25) is 0 Å². The van der Waals surface area contributed by atoms with Crippen molar-refractivity contribution in [2.24, 2.45) is 0 Å². The van der Waals surface area contributed by atoms with E-state index in [1.807, 2.05) is 24.3 Å². The predicted molar refractivity (Wildman–Crippen MR) is 101 cm³/mol. The zero-order valence-electron chi connectivity index (χ0n) is 13.3. The molecule has 7 heteroatoms. The Hall–Kier alpha value is -2.93. The van der Waals surface area contributed by atoms with Gasteiger partial charge in [0, 0.05) is 16.9 Å². The highest BCUT2D eigenvalue weighted by atomic mass is 79.9. The summed E-state index contributed by atoms with van der Waals surface area (Å²) in [5, 5.41) is 0. The lowest BCUT2D eigenvalue weighted by Crippen LogP contribution is -1.99. The van der Waals surface area contributed by atoms with E-state index >= 15 is 0 Å². The summed E-state index contributed by atoms with van der Waals surface area (Å²) in [5.74, 6) is 0.960. The Morgan fingerprint density at radius 1 is 1.04 bits per heavy atom. The highest BCUT2D eigenvalue weighted by Crippen LogP contribution is 2.22. The Balaban J connectivity index is 0.000000236. The van der Waals surface area contributed by atoms with E-state index in [1.165, 1.54) is 0 Å². The van der Waals surface area contributed by atoms with Crippen LogP contribution in [0.3, 0.4) is 0 Å². The SMILES string of the molecule is Nc1cccnc1N.O=Cc1cc(Br)ccc1OCc1ccccn1. The van der Waals surface area contributed by atoms with Gasteiger partial charge < -0.3 is 16.2 Å². The van der Waals surface area contributed by atoms with Gasteiger partial charge in [-0.25, -0.2) is 4.98 Å². The maximum Gasteiger partial charge on any atom is 0.153 e. The number of rotatable bonds is 4. The van der Waals surface area contributed by atoms with Crippen molar-refractivity contribution in [2.45, 2.75) is 6.61 Å². The monoisotopic (exact) mass is 400 g/mol. The van der Waals surface area contributed by atoms with E-state index in [-0.39, 0.29) is 0 Å². The first kappa shape index (κ1) is 18.4. The number of ether oxygens (including phenoxy) is 1. The van der Waals surface area contributed by atoms with Gasteiger partial charge in [0.1, 0.15) is 18.2 Å². The fourth-order valence-corrected chi connectivity index (χ4v) is 2.19. The summed E-state index contributed by atoms with van der Waals surface area (Å²) in [6.07, 6.45) is 4.09. The van der Waals surface area contributed by atoms with Crippen molar-refractivity contribution < 1.29 is 9.53 Å². The molecule has 1 aromatic carbocycles. The smallest absolute Gasteiger partial charge is 0.153 e. The van der Waals surface area contributed by atoms with E-state index in [9.17, 15) is 4.79 Å². The summed E-state index contributed by atoms with van der Waals surface area (Å²) in [6, 6.07) is 14.4. The van der Waals surface area contributed by atoms with Crippen LogP contribution in [-0.4, -0.2) is 16.3 Å². The molecule has 2 aromatic heterocycles. The number of nitrogen functional groups attached to an aromatic ring is 2. The van der Waals surface area contributed by atoms with Gasteiger partial charge in [-0.1, -0.05) is 22.0 Å². The Bertz CT molecular complexity index is 807. The van der Waals surface area contributed by atoms with Crippen LogP contribution in [0, 0.1) is 0 Å². The number of nitrogens with zero attached hydrogens (tertiary/aromatic N) is 2. The van der Waals surface area contributed by atoms with Crippen molar-refractivity contribution in [1.29, 1.82) is 0 Å². The van der Waals surface area contributed by atoms with Crippen molar-refractivity contribution in [3.8, 4) is 5.75 Å². The van der Waals surface area contributed by atoms with Crippen molar-refractivity contribution in [2.75, 3.05) is 11.5 Å². The molecule has 0 bridgehead atoms. The first-order chi connectivity index (χ1) is 12.1. The van der Waals surface area contributed by atoms with Crippen LogP contribution >= 0.6 is 15.9 Å². The number of halogens is 1. The molecule has 0 radical (unpaired) electrons. The average Bonchev–Trinajstić information content (AvgIpc) is 2.64. The molecule has 0 fully saturated rings. The Morgan fingerprint density at radius 3 is 2.44 bits per heavy atom. The third-order valence-electron chi connectivity index (χ3n) is 3.07. The number of hydrogen-bond acceptors (Lipinski definition) is 6. The van der Waals surface area contributed by atoms with Gasteiger partial charge in [-0.2, -0.15) is 0 Å². The fraction of sp³-hybridized carbons (Fsp3) is 0.0556. The van der Waals surface area contributed by atoms with Gasteiger partial charge >= 0.3 is 0 Å². The lowest BCUT2D eigenvalue weighted by molar-refractivity contribution is 0.111. The molecule has 3 aromatic rings. The third-order valence-corrected chi connectivity index (χ3v) is 3.56. The van der Waals surface area contributed by atoms with Crippen LogP contribution in [0.1, 0.15) is 16.1 Å². The lowest BCUT2D eigenvalue weighted by atomic mass is 10.2. The fourth-order valence-electron chi connectivity index (χ4n) is 1.81. The molecule has 4 N–H and O–H groups in total. The molecular weight excluding hydrogens is 384 g/mol. The highest BCUT2D eigenvalue weighted by molar-refractivity contribution is 9.10. The van der Waals surface area contributed by atoms with Gasteiger partial charge in [0.05, 0.1) is 16.9 Å². The van der Waals surface area contributed by atoms with Crippen LogP contribution < -0.4 is 16.2 Å². The minimum Gasteiger partial charge on any atom is -0.487 e. The summed E-state index contributed by atoms with van der Waals surface area (Å²) in [4.78, 5) is 18.8. The second-order valence-electron chi connectivity index (χ2n) is 4.89. The van der Waals surface area contributed by atoms with Gasteiger partial charge in [-0.3, -0.25) is 9.78 Å². The lowest BCUT2D eigenvalue weighted by Gasteiger charge is -2.08. The molecule has 0 aliphatic carbocycles. The molecule has 0 saturated carbocycles. The van der Waals surface area contributed by atoms with Crippen molar-refractivity contribution in [3.05, 3.63) is 76.7 Å². The second-order valence-corrected chi connectivity index (χ2v) is 5.80. The van der Waals surface area contributed by atoms with E-state index in [1.54, 1.807) is 36.7 Å². The van der Waals surface area contributed by atoms with E-state index in [0.29, 0.717) is 29.4 Å². The third kappa shape index (κ3) is 5.89. The summed E-state index contributed by atoms with van der Waals surface area (Å²) in [7, 11) is 0. The number of carbonyl (C=O) groups excluding carboxylic acids is 1. The number of pyridine rings is 2. The molecule has 0 aliphatic rings. The number of aromatic nitrogens is 2. The molecule has 2 heterocycles. The summed E-state index contributed by atoms with van der Waals surface area (Å²) < 4.78 is 6.41. The van der Waals surface area contributed by atoms with Crippen LogP contribution in [0.2, 0.25) is 0 Å². The maximum absolute atomic E-state index is 10.9. The topological polar surface area (TPSA) is 104 Å². The number of benzene rings is 1. The number of nitrogens with two attached hydrogens (primary N) is 2. The first-order valence-corrected chi connectivity index (χ1v) is 8.13. The predicted octanol–water partition coefficient (Wildman–Crippen LogP) is 3.48. The summed E-state index contributed by atoms with van der Waals surface area (Å²) >= 11 is 3.31. The molecular formula is C18H17BrN4O2. The molecule has 0 atom stereocenters. The number of anilines is 2. The second kappa shape index (κ2) is 9.39. The molecule has 3 rings (SSSR count). The first-order valence-electron chi connectivity index (χ1n) is 7.33. The van der Waals surface area contributed by atoms with Gasteiger partial charge in [-0.15, -0.1) is 0 Å². The normalized spacial score (nSPS) is 9.64. The van der Waals surface area contributed by atoms with Gasteiger partial charge in [0.15, 0.2) is 6.29 Å². The van der Waals surface area contributed by atoms with E-state index in [2.05, 4.69) is 25.9 Å². The molecule has 6 nitrogen and oxygen atoms in total. The van der Waals surface area contributed by atoms with Crippen molar-refractivity contribution in [3.63, 3.8) is 0 Å².